The number of morpholine rings is 1. The van der Waals surface area contributed by atoms with Crippen LogP contribution in [0.4, 0.5) is 5.82 Å². The lowest BCUT2D eigenvalue weighted by Crippen LogP contribution is -2.37. The van der Waals surface area contributed by atoms with Gasteiger partial charge in [0.2, 0.25) is 0 Å². The minimum atomic E-state index is -0.159. The number of nitrogens with zero attached hydrogens (tertiary/aromatic N) is 6. The van der Waals surface area contributed by atoms with Crippen molar-refractivity contribution >= 4 is 34.3 Å². The first-order valence-electron chi connectivity index (χ1n) is 12.8. The second kappa shape index (κ2) is 9.61. The number of benzene rings is 1. The van der Waals surface area contributed by atoms with E-state index >= 15 is 0 Å². The molecule has 190 valence electrons. The summed E-state index contributed by atoms with van der Waals surface area (Å²) in [6, 6.07) is 6.58. The summed E-state index contributed by atoms with van der Waals surface area (Å²) in [5.41, 5.74) is 2.11. The van der Waals surface area contributed by atoms with Crippen molar-refractivity contribution in [1.82, 2.24) is 24.6 Å². The third kappa shape index (κ3) is 4.44. The van der Waals surface area contributed by atoms with Gasteiger partial charge in [0.25, 0.3) is 0 Å². The lowest BCUT2D eigenvalue weighted by Gasteiger charge is -2.31. The van der Waals surface area contributed by atoms with Crippen LogP contribution in [0.5, 0.6) is 0 Å². The van der Waals surface area contributed by atoms with E-state index in [9.17, 15) is 4.79 Å². The van der Waals surface area contributed by atoms with Crippen molar-refractivity contribution in [3.8, 4) is 5.82 Å². The highest BCUT2D eigenvalue weighted by molar-refractivity contribution is 6.32. The van der Waals surface area contributed by atoms with Gasteiger partial charge in [0, 0.05) is 23.0 Å². The monoisotopic (exact) mass is 510 g/mol. The van der Waals surface area contributed by atoms with Crippen LogP contribution >= 0.6 is 11.6 Å². The van der Waals surface area contributed by atoms with Gasteiger partial charge < -0.3 is 14.4 Å². The quantitative estimate of drug-likeness (QED) is 0.466. The molecule has 5 heterocycles. The fraction of sp³-hybridized carbons (Fsp3) is 0.538. The number of piperidine rings is 1. The van der Waals surface area contributed by atoms with Gasteiger partial charge in [-0.2, -0.15) is 5.10 Å². The van der Waals surface area contributed by atoms with Crippen LogP contribution in [0, 0.1) is 6.92 Å². The predicted octanol–water partition coefficient (Wildman–Crippen LogP) is 3.50. The molecular formula is C26H31ClN6O3. The Morgan fingerprint density at radius 1 is 1.19 bits per heavy atom. The van der Waals surface area contributed by atoms with E-state index in [0.29, 0.717) is 31.2 Å². The number of carbonyl (C=O) groups is 1. The van der Waals surface area contributed by atoms with Crippen molar-refractivity contribution in [2.75, 3.05) is 44.3 Å². The molecule has 3 fully saturated rings. The van der Waals surface area contributed by atoms with Crippen LogP contribution < -0.4 is 4.90 Å². The SMILES string of the molecule is CCOC(=O)CN1CCC(c2cc3c(cnn3-c3cc(N4C[C@@H]5C[C@H]4CO5)nc(C)n3)cc2Cl)CC1. The zero-order valence-electron chi connectivity index (χ0n) is 20.7. The molecule has 6 rings (SSSR count). The van der Waals surface area contributed by atoms with E-state index in [1.54, 1.807) is 0 Å². The molecule has 2 aromatic heterocycles. The van der Waals surface area contributed by atoms with E-state index in [-0.39, 0.29) is 5.97 Å². The maximum atomic E-state index is 11.9. The molecule has 3 saturated heterocycles. The molecule has 10 heteroatoms. The van der Waals surface area contributed by atoms with Crippen LogP contribution in [0.3, 0.4) is 0 Å². The van der Waals surface area contributed by atoms with Gasteiger partial charge in [-0.25, -0.2) is 14.6 Å². The molecule has 0 aliphatic carbocycles. The highest BCUT2D eigenvalue weighted by Crippen LogP contribution is 2.37. The van der Waals surface area contributed by atoms with E-state index in [1.807, 2.05) is 36.9 Å². The number of anilines is 1. The molecule has 36 heavy (non-hydrogen) atoms. The van der Waals surface area contributed by atoms with Gasteiger partial charge in [0.05, 0.1) is 43.6 Å². The highest BCUT2D eigenvalue weighted by atomic mass is 35.5. The van der Waals surface area contributed by atoms with Crippen LogP contribution in [0.1, 0.15) is 43.5 Å². The Kier molecular flexibility index (Phi) is 6.31. The molecule has 3 aliphatic heterocycles. The molecule has 1 aromatic carbocycles. The second-order valence-electron chi connectivity index (χ2n) is 9.97. The molecule has 2 bridgehead atoms. The molecule has 0 unspecified atom stereocenters. The highest BCUT2D eigenvalue weighted by Gasteiger charge is 2.40. The van der Waals surface area contributed by atoms with Gasteiger partial charge >= 0.3 is 5.97 Å². The average Bonchev–Trinajstić information content (AvgIpc) is 3.60. The molecular weight excluding hydrogens is 480 g/mol. The largest absolute Gasteiger partial charge is 0.465 e. The molecule has 3 aromatic rings. The zero-order chi connectivity index (χ0) is 24.8. The van der Waals surface area contributed by atoms with Crippen molar-refractivity contribution in [1.29, 1.82) is 0 Å². The molecule has 0 radical (unpaired) electrons. The van der Waals surface area contributed by atoms with E-state index in [0.717, 1.165) is 84.5 Å². The number of aryl methyl sites for hydroxylation is 1. The Bertz CT molecular complexity index is 1290. The number of hydrogen-bond acceptors (Lipinski definition) is 8. The molecule has 0 spiro atoms. The summed E-state index contributed by atoms with van der Waals surface area (Å²) in [4.78, 5) is 25.8. The summed E-state index contributed by atoms with van der Waals surface area (Å²) in [6.45, 7) is 7.83. The number of rotatable bonds is 6. The van der Waals surface area contributed by atoms with Crippen molar-refractivity contribution in [3.63, 3.8) is 0 Å². The molecule has 0 N–H and O–H groups in total. The predicted molar refractivity (Wildman–Crippen MR) is 137 cm³/mol. The Hall–Kier alpha value is -2.75. The third-order valence-corrected chi connectivity index (χ3v) is 7.92. The Morgan fingerprint density at radius 3 is 2.72 bits per heavy atom. The maximum absolute atomic E-state index is 11.9. The van der Waals surface area contributed by atoms with Gasteiger partial charge in [0.15, 0.2) is 5.82 Å². The van der Waals surface area contributed by atoms with Crippen molar-refractivity contribution in [2.24, 2.45) is 0 Å². The maximum Gasteiger partial charge on any atom is 0.320 e. The van der Waals surface area contributed by atoms with Crippen molar-refractivity contribution < 1.29 is 14.3 Å². The van der Waals surface area contributed by atoms with Crippen molar-refractivity contribution in [3.05, 3.63) is 40.8 Å². The van der Waals surface area contributed by atoms with Gasteiger partial charge in [0.1, 0.15) is 11.6 Å². The lowest BCUT2D eigenvalue weighted by molar-refractivity contribution is -0.144. The number of ether oxygens (including phenoxy) is 2. The molecule has 0 amide bonds. The first-order valence-corrected chi connectivity index (χ1v) is 13.2. The first kappa shape index (κ1) is 23.6. The van der Waals surface area contributed by atoms with Gasteiger partial charge in [-0.05, 0) is 69.8 Å². The van der Waals surface area contributed by atoms with E-state index in [2.05, 4.69) is 21.0 Å². The summed E-state index contributed by atoms with van der Waals surface area (Å²) in [5, 5.41) is 6.42. The number of carbonyl (C=O) groups excluding carboxylic acids is 1. The first-order chi connectivity index (χ1) is 17.5. The lowest BCUT2D eigenvalue weighted by atomic mass is 9.89. The minimum absolute atomic E-state index is 0.159. The number of halogens is 1. The number of hydrogen-bond donors (Lipinski definition) is 0. The molecule has 3 aliphatic rings. The number of aromatic nitrogens is 4. The minimum Gasteiger partial charge on any atom is -0.465 e. The van der Waals surface area contributed by atoms with E-state index in [4.69, 9.17) is 31.0 Å². The molecule has 0 saturated carbocycles. The number of esters is 1. The number of fused-ring (bicyclic) bond motifs is 3. The van der Waals surface area contributed by atoms with Crippen LogP contribution in [-0.4, -0.2) is 82.2 Å². The molecule has 9 nitrogen and oxygen atoms in total. The van der Waals surface area contributed by atoms with E-state index in [1.165, 1.54) is 0 Å². The molecule has 2 atom stereocenters. The fourth-order valence-electron chi connectivity index (χ4n) is 5.82. The number of likely N-dealkylation sites (tertiary alicyclic amines) is 1. The Balaban J connectivity index is 1.26. The fourth-order valence-corrected chi connectivity index (χ4v) is 6.15. The Morgan fingerprint density at radius 2 is 2.00 bits per heavy atom. The average molecular weight is 511 g/mol. The summed E-state index contributed by atoms with van der Waals surface area (Å²) in [5.74, 6) is 2.58. The summed E-state index contributed by atoms with van der Waals surface area (Å²) in [7, 11) is 0. The smallest absolute Gasteiger partial charge is 0.320 e. The summed E-state index contributed by atoms with van der Waals surface area (Å²) in [6.07, 6.45) is 5.08. The van der Waals surface area contributed by atoms with Crippen LogP contribution in [0.15, 0.2) is 24.4 Å². The van der Waals surface area contributed by atoms with Gasteiger partial charge in [-0.1, -0.05) is 11.6 Å². The van der Waals surface area contributed by atoms with Crippen LogP contribution in [0.25, 0.3) is 16.7 Å². The van der Waals surface area contributed by atoms with E-state index < -0.39 is 0 Å². The topological polar surface area (TPSA) is 85.6 Å². The van der Waals surface area contributed by atoms with Crippen molar-refractivity contribution in [2.45, 2.75) is 51.2 Å². The standard InChI is InChI=1S/C26H31ClN6O3/c1-3-35-26(34)14-31-6-4-17(5-7-31)21-10-23-18(8-22(21)27)12-28-33(23)25-11-24(29-16(2)30-25)32-13-20-9-19(32)15-36-20/h8,10-12,17,19-20H,3-7,9,13-15H2,1-2H3/t19-,20-/m0/s1. The second-order valence-corrected chi connectivity index (χ2v) is 10.4. The summed E-state index contributed by atoms with van der Waals surface area (Å²) >= 11 is 6.76. The summed E-state index contributed by atoms with van der Waals surface area (Å²) < 4.78 is 12.8. The van der Waals surface area contributed by atoms with Gasteiger partial charge in [-0.3, -0.25) is 9.69 Å². The van der Waals surface area contributed by atoms with Crippen LogP contribution in [0.2, 0.25) is 5.02 Å². The normalized spacial score (nSPS) is 22.6. The third-order valence-electron chi connectivity index (χ3n) is 7.59. The van der Waals surface area contributed by atoms with Crippen LogP contribution in [-0.2, 0) is 14.3 Å². The Labute approximate surface area is 215 Å². The van der Waals surface area contributed by atoms with Gasteiger partial charge in [-0.15, -0.1) is 0 Å². The zero-order valence-corrected chi connectivity index (χ0v) is 21.4.